The fourth-order valence-electron chi connectivity index (χ4n) is 1.50. The first-order chi connectivity index (χ1) is 7.74. The number of nitrogens with one attached hydrogen (secondary N) is 1. The summed E-state index contributed by atoms with van der Waals surface area (Å²) < 4.78 is 0. The number of carbonyl (C=O) groups is 1. The molecule has 0 bridgehead atoms. The summed E-state index contributed by atoms with van der Waals surface area (Å²) in [7, 11) is 0. The molecule has 4 heteroatoms. The molecule has 1 atom stereocenters. The monoisotopic (exact) mass is 241 g/mol. The first-order valence-electron chi connectivity index (χ1n) is 5.30. The number of hydrogen-bond donors (Lipinski definition) is 2. The Labute approximate surface area is 100 Å². The minimum Gasteiger partial charge on any atom is -0.480 e. The normalized spacial score (nSPS) is 12.3. The van der Waals surface area contributed by atoms with Gasteiger partial charge in [-0.15, -0.1) is 11.6 Å². The Hall–Kier alpha value is -1.06. The van der Waals surface area contributed by atoms with Gasteiger partial charge in [-0.3, -0.25) is 4.79 Å². The largest absolute Gasteiger partial charge is 0.480 e. The number of benzene rings is 1. The van der Waals surface area contributed by atoms with Crippen molar-refractivity contribution in [3.05, 3.63) is 35.9 Å². The van der Waals surface area contributed by atoms with Crippen LogP contribution < -0.4 is 5.32 Å². The van der Waals surface area contributed by atoms with Gasteiger partial charge in [-0.2, -0.15) is 0 Å². The highest BCUT2D eigenvalue weighted by molar-refractivity contribution is 6.18. The molecule has 0 amide bonds. The van der Waals surface area contributed by atoms with Crippen molar-refractivity contribution < 1.29 is 9.90 Å². The number of carboxylic acids is 1. The average Bonchev–Trinajstić information content (AvgIpc) is 2.30. The van der Waals surface area contributed by atoms with Gasteiger partial charge in [0.1, 0.15) is 6.04 Å². The zero-order valence-electron chi connectivity index (χ0n) is 9.03. The number of alkyl halides is 1. The highest BCUT2D eigenvalue weighted by Gasteiger charge is 2.15. The molecule has 2 N–H and O–H groups in total. The van der Waals surface area contributed by atoms with Crippen LogP contribution in [0.25, 0.3) is 0 Å². The van der Waals surface area contributed by atoms with Crippen molar-refractivity contribution in [2.24, 2.45) is 0 Å². The van der Waals surface area contributed by atoms with E-state index >= 15 is 0 Å². The van der Waals surface area contributed by atoms with E-state index in [1.807, 2.05) is 30.3 Å². The van der Waals surface area contributed by atoms with E-state index in [1.54, 1.807) is 0 Å². The van der Waals surface area contributed by atoms with Gasteiger partial charge in [-0.25, -0.2) is 0 Å². The van der Waals surface area contributed by atoms with Crippen LogP contribution in [-0.4, -0.2) is 29.5 Å². The van der Waals surface area contributed by atoms with Crippen LogP contribution in [0, 0.1) is 0 Å². The van der Waals surface area contributed by atoms with Crippen LogP contribution in [0.5, 0.6) is 0 Å². The van der Waals surface area contributed by atoms with Crippen LogP contribution in [0.1, 0.15) is 12.0 Å². The van der Waals surface area contributed by atoms with E-state index in [1.165, 1.54) is 0 Å². The standard InChI is InChI=1S/C12H16ClNO2/c13-8-9-14-11(12(15)16)7-6-10-4-2-1-3-5-10/h1-5,11,14H,6-9H2,(H,15,16). The lowest BCUT2D eigenvalue weighted by atomic mass is 10.1. The van der Waals surface area contributed by atoms with Gasteiger partial charge in [0.25, 0.3) is 0 Å². The summed E-state index contributed by atoms with van der Waals surface area (Å²) in [6, 6.07) is 9.35. The third-order valence-electron chi connectivity index (χ3n) is 2.35. The van der Waals surface area contributed by atoms with Crippen LogP contribution in [0.2, 0.25) is 0 Å². The lowest BCUT2D eigenvalue weighted by Crippen LogP contribution is -2.38. The van der Waals surface area contributed by atoms with Crippen LogP contribution in [0.15, 0.2) is 30.3 Å². The molecule has 3 nitrogen and oxygen atoms in total. The molecule has 1 unspecified atom stereocenters. The Bertz CT molecular complexity index is 316. The Morgan fingerprint density at radius 3 is 2.62 bits per heavy atom. The molecule has 0 fully saturated rings. The van der Waals surface area contributed by atoms with Crippen LogP contribution in [-0.2, 0) is 11.2 Å². The number of rotatable bonds is 7. The fourth-order valence-corrected chi connectivity index (χ4v) is 1.61. The lowest BCUT2D eigenvalue weighted by molar-refractivity contribution is -0.139. The van der Waals surface area contributed by atoms with Gasteiger partial charge in [-0.05, 0) is 18.4 Å². The Balaban J connectivity index is 2.41. The van der Waals surface area contributed by atoms with Gasteiger partial charge in [0.2, 0.25) is 0 Å². The summed E-state index contributed by atoms with van der Waals surface area (Å²) in [5.41, 5.74) is 1.15. The van der Waals surface area contributed by atoms with Gasteiger partial charge in [-0.1, -0.05) is 30.3 Å². The summed E-state index contributed by atoms with van der Waals surface area (Å²) >= 11 is 5.51. The molecule has 1 aromatic rings. The molecule has 1 aromatic carbocycles. The number of hydrogen-bond acceptors (Lipinski definition) is 2. The van der Waals surface area contributed by atoms with Gasteiger partial charge >= 0.3 is 5.97 Å². The van der Waals surface area contributed by atoms with Crippen molar-refractivity contribution in [1.82, 2.24) is 5.32 Å². The maximum absolute atomic E-state index is 10.9. The summed E-state index contributed by atoms with van der Waals surface area (Å²) in [5.74, 6) is -0.393. The molecule has 0 saturated carbocycles. The van der Waals surface area contributed by atoms with Gasteiger partial charge < -0.3 is 10.4 Å². The molecule has 0 aliphatic heterocycles. The molecule has 88 valence electrons. The Kier molecular flexibility index (Phi) is 5.90. The lowest BCUT2D eigenvalue weighted by Gasteiger charge is -2.13. The third kappa shape index (κ3) is 4.64. The predicted molar refractivity (Wildman–Crippen MR) is 64.9 cm³/mol. The minimum atomic E-state index is -0.818. The van der Waals surface area contributed by atoms with Gasteiger partial charge in [0.05, 0.1) is 0 Å². The molecular weight excluding hydrogens is 226 g/mol. The van der Waals surface area contributed by atoms with Gasteiger partial charge in [0, 0.05) is 12.4 Å². The van der Waals surface area contributed by atoms with Crippen molar-refractivity contribution in [3.63, 3.8) is 0 Å². The number of carboxylic acid groups (broad SMARTS) is 1. The molecule has 0 radical (unpaired) electrons. The third-order valence-corrected chi connectivity index (χ3v) is 2.54. The second-order valence-electron chi connectivity index (χ2n) is 3.56. The quantitative estimate of drug-likeness (QED) is 0.717. The van der Waals surface area contributed by atoms with E-state index in [2.05, 4.69) is 5.32 Å². The van der Waals surface area contributed by atoms with Crippen molar-refractivity contribution in [1.29, 1.82) is 0 Å². The number of aliphatic carboxylic acids is 1. The number of halogens is 1. The summed E-state index contributed by atoms with van der Waals surface area (Å²) in [6.07, 6.45) is 1.34. The summed E-state index contributed by atoms with van der Waals surface area (Å²) in [5, 5.41) is 11.9. The van der Waals surface area contributed by atoms with Crippen molar-refractivity contribution >= 4 is 17.6 Å². The molecule has 0 spiro atoms. The van der Waals surface area contributed by atoms with Crippen molar-refractivity contribution in [2.45, 2.75) is 18.9 Å². The fraction of sp³-hybridized carbons (Fsp3) is 0.417. The van der Waals surface area contributed by atoms with Crippen molar-refractivity contribution in [2.75, 3.05) is 12.4 Å². The Morgan fingerprint density at radius 1 is 1.38 bits per heavy atom. The highest BCUT2D eigenvalue weighted by Crippen LogP contribution is 2.05. The topological polar surface area (TPSA) is 49.3 Å². The maximum atomic E-state index is 10.9. The average molecular weight is 242 g/mol. The van der Waals surface area contributed by atoms with Crippen LogP contribution in [0.3, 0.4) is 0 Å². The van der Waals surface area contributed by atoms with Gasteiger partial charge in [0.15, 0.2) is 0 Å². The van der Waals surface area contributed by atoms with E-state index in [4.69, 9.17) is 16.7 Å². The summed E-state index contributed by atoms with van der Waals surface area (Å²) in [4.78, 5) is 10.9. The smallest absolute Gasteiger partial charge is 0.320 e. The summed E-state index contributed by atoms with van der Waals surface area (Å²) in [6.45, 7) is 0.521. The minimum absolute atomic E-state index is 0.426. The highest BCUT2D eigenvalue weighted by atomic mass is 35.5. The molecule has 0 aromatic heterocycles. The zero-order valence-corrected chi connectivity index (χ0v) is 9.78. The second-order valence-corrected chi connectivity index (χ2v) is 3.94. The van der Waals surface area contributed by atoms with E-state index in [-0.39, 0.29) is 0 Å². The molecule has 1 rings (SSSR count). The van der Waals surface area contributed by atoms with E-state index in [9.17, 15) is 4.79 Å². The molecule has 0 heterocycles. The van der Waals surface area contributed by atoms with E-state index in [0.29, 0.717) is 18.8 Å². The first kappa shape index (κ1) is 13.0. The SMILES string of the molecule is O=C(O)C(CCc1ccccc1)NCCCl. The van der Waals surface area contributed by atoms with Crippen LogP contribution in [0.4, 0.5) is 0 Å². The first-order valence-corrected chi connectivity index (χ1v) is 5.83. The van der Waals surface area contributed by atoms with Crippen molar-refractivity contribution in [3.8, 4) is 0 Å². The molecular formula is C12H16ClNO2. The van der Waals surface area contributed by atoms with E-state index < -0.39 is 12.0 Å². The number of aryl methyl sites for hydroxylation is 1. The zero-order chi connectivity index (χ0) is 11.8. The maximum Gasteiger partial charge on any atom is 0.320 e. The molecule has 0 aliphatic rings. The second kappa shape index (κ2) is 7.25. The Morgan fingerprint density at radius 2 is 2.06 bits per heavy atom. The molecule has 16 heavy (non-hydrogen) atoms. The van der Waals surface area contributed by atoms with Crippen LogP contribution >= 0.6 is 11.6 Å². The predicted octanol–water partition coefficient (Wildman–Crippen LogP) is 1.90. The van der Waals surface area contributed by atoms with E-state index in [0.717, 1.165) is 12.0 Å². The molecule has 0 saturated heterocycles. The molecule has 0 aliphatic carbocycles.